The molecule has 1 aromatic carbocycles. The molecule has 7 heteroatoms. The van der Waals surface area contributed by atoms with Crippen LogP contribution in [0.15, 0.2) is 35.6 Å². The van der Waals surface area contributed by atoms with E-state index in [1.54, 1.807) is 17.0 Å². The van der Waals surface area contributed by atoms with Gasteiger partial charge in [0.1, 0.15) is 6.10 Å². The molecule has 3 heterocycles. The summed E-state index contributed by atoms with van der Waals surface area (Å²) in [5.41, 5.74) is 2.20. The number of fused-ring (bicyclic) bond motifs is 1. The zero-order valence-electron chi connectivity index (χ0n) is 16.3. The SMILES string of the molecule is Cc1nc(N2C(=O)C3=C(C(=O)C4CCCCC4O3)C2c2ccc(Cl)cc2)sc1C. The van der Waals surface area contributed by atoms with E-state index in [0.29, 0.717) is 15.7 Å². The molecule has 3 atom stereocenters. The maximum atomic E-state index is 13.5. The molecule has 0 N–H and O–H groups in total. The third-order valence-electron chi connectivity index (χ3n) is 6.17. The standard InChI is InChI=1S/C22H21ClN2O3S/c1-11-12(2)29-22(24-11)25-18(13-7-9-14(23)10-8-13)17-19(26)15-5-3-4-6-16(15)28-20(17)21(25)27/h7-10,15-16,18H,3-6H2,1-2H3. The summed E-state index contributed by atoms with van der Waals surface area (Å²) in [6.45, 7) is 3.91. The quantitative estimate of drug-likeness (QED) is 0.681. The van der Waals surface area contributed by atoms with Gasteiger partial charge in [-0.25, -0.2) is 4.98 Å². The highest BCUT2D eigenvalue weighted by molar-refractivity contribution is 7.15. The Morgan fingerprint density at radius 2 is 1.86 bits per heavy atom. The van der Waals surface area contributed by atoms with Gasteiger partial charge in [-0.3, -0.25) is 14.5 Å². The van der Waals surface area contributed by atoms with Crippen molar-refractivity contribution in [2.45, 2.75) is 51.7 Å². The highest BCUT2D eigenvalue weighted by Gasteiger charge is 2.53. The second-order valence-electron chi connectivity index (χ2n) is 7.92. The molecule has 1 fully saturated rings. The first-order chi connectivity index (χ1) is 14.0. The molecular formula is C22H21ClN2O3S. The number of amides is 1. The van der Waals surface area contributed by atoms with Gasteiger partial charge < -0.3 is 4.74 Å². The Kier molecular flexibility index (Phi) is 4.51. The number of ether oxygens (including phenoxy) is 1. The maximum Gasteiger partial charge on any atom is 0.296 e. The number of carbonyl (C=O) groups is 2. The van der Waals surface area contributed by atoms with Crippen LogP contribution in [-0.4, -0.2) is 22.8 Å². The number of carbonyl (C=O) groups excluding carboxylic acids is 2. The number of ketones is 1. The number of hydrogen-bond donors (Lipinski definition) is 0. The van der Waals surface area contributed by atoms with Crippen molar-refractivity contribution >= 4 is 39.8 Å². The number of aryl methyl sites for hydroxylation is 2. The minimum absolute atomic E-state index is 0.0525. The molecule has 1 amide bonds. The number of aromatic nitrogens is 1. The average Bonchev–Trinajstić information content (AvgIpc) is 3.19. The lowest BCUT2D eigenvalue weighted by molar-refractivity contribution is -0.131. The second kappa shape index (κ2) is 6.96. The fourth-order valence-electron chi connectivity index (χ4n) is 4.56. The molecule has 3 aliphatic rings. The fourth-order valence-corrected chi connectivity index (χ4v) is 5.62. The van der Waals surface area contributed by atoms with Crippen molar-refractivity contribution < 1.29 is 14.3 Å². The van der Waals surface area contributed by atoms with Crippen LogP contribution < -0.4 is 4.90 Å². The van der Waals surface area contributed by atoms with Crippen LogP contribution in [0.1, 0.15) is 47.9 Å². The van der Waals surface area contributed by atoms with Crippen LogP contribution in [0.4, 0.5) is 5.13 Å². The summed E-state index contributed by atoms with van der Waals surface area (Å²) in [4.78, 5) is 34.3. The number of hydrogen-bond acceptors (Lipinski definition) is 5. The Hall–Kier alpha value is -2.18. The van der Waals surface area contributed by atoms with E-state index < -0.39 is 6.04 Å². The van der Waals surface area contributed by atoms with Gasteiger partial charge in [-0.2, -0.15) is 0 Å². The molecule has 0 saturated heterocycles. The summed E-state index contributed by atoms with van der Waals surface area (Å²) in [7, 11) is 0. The van der Waals surface area contributed by atoms with Crippen LogP contribution in [0.5, 0.6) is 0 Å². The lowest BCUT2D eigenvalue weighted by Crippen LogP contribution is -2.39. The summed E-state index contributed by atoms with van der Waals surface area (Å²) in [5, 5.41) is 1.21. The first-order valence-electron chi connectivity index (χ1n) is 9.94. The van der Waals surface area contributed by atoms with Crippen molar-refractivity contribution in [1.29, 1.82) is 0 Å². The van der Waals surface area contributed by atoms with E-state index in [1.165, 1.54) is 11.3 Å². The third-order valence-corrected chi connectivity index (χ3v) is 7.50. The fraction of sp³-hybridized carbons (Fsp3) is 0.409. The van der Waals surface area contributed by atoms with Crippen LogP contribution in [0.3, 0.4) is 0 Å². The van der Waals surface area contributed by atoms with Crippen molar-refractivity contribution in [3.8, 4) is 0 Å². The molecule has 29 heavy (non-hydrogen) atoms. The lowest BCUT2D eigenvalue weighted by atomic mass is 9.77. The number of nitrogens with zero attached hydrogens (tertiary/aromatic N) is 2. The molecule has 1 aromatic heterocycles. The van der Waals surface area contributed by atoms with Crippen LogP contribution in [-0.2, 0) is 14.3 Å². The maximum absolute atomic E-state index is 13.5. The monoisotopic (exact) mass is 428 g/mol. The Balaban J connectivity index is 1.66. The van der Waals surface area contributed by atoms with Crippen molar-refractivity contribution in [3.63, 3.8) is 0 Å². The number of halogens is 1. The minimum Gasteiger partial charge on any atom is -0.483 e. The molecule has 0 spiro atoms. The molecule has 3 unspecified atom stereocenters. The number of anilines is 1. The van der Waals surface area contributed by atoms with Gasteiger partial charge >= 0.3 is 0 Å². The second-order valence-corrected chi connectivity index (χ2v) is 9.54. The average molecular weight is 429 g/mol. The first-order valence-corrected chi connectivity index (χ1v) is 11.1. The van der Waals surface area contributed by atoms with Crippen molar-refractivity contribution in [3.05, 3.63) is 56.8 Å². The molecule has 0 radical (unpaired) electrons. The van der Waals surface area contributed by atoms with Crippen LogP contribution in [0.2, 0.25) is 5.02 Å². The summed E-state index contributed by atoms with van der Waals surface area (Å²) in [6, 6.07) is 6.78. The van der Waals surface area contributed by atoms with E-state index >= 15 is 0 Å². The largest absolute Gasteiger partial charge is 0.483 e. The summed E-state index contributed by atoms with van der Waals surface area (Å²) in [6.07, 6.45) is 3.50. The lowest BCUT2D eigenvalue weighted by Gasteiger charge is -2.35. The summed E-state index contributed by atoms with van der Waals surface area (Å²) < 4.78 is 6.18. The number of rotatable bonds is 2. The molecule has 1 saturated carbocycles. The van der Waals surface area contributed by atoms with Crippen molar-refractivity contribution in [2.24, 2.45) is 5.92 Å². The third kappa shape index (κ3) is 2.92. The number of benzene rings is 1. The van der Waals surface area contributed by atoms with Gasteiger partial charge in [0, 0.05) is 9.90 Å². The van der Waals surface area contributed by atoms with Crippen molar-refractivity contribution in [2.75, 3.05) is 4.90 Å². The Morgan fingerprint density at radius 1 is 1.14 bits per heavy atom. The molecule has 5 nitrogen and oxygen atoms in total. The zero-order valence-corrected chi connectivity index (χ0v) is 17.8. The summed E-state index contributed by atoms with van der Waals surface area (Å²) >= 11 is 7.55. The number of thiazole rings is 1. The van der Waals surface area contributed by atoms with Gasteiger partial charge in [0.25, 0.3) is 5.91 Å². The predicted octanol–water partition coefficient (Wildman–Crippen LogP) is 4.91. The van der Waals surface area contributed by atoms with Gasteiger partial charge in [0.15, 0.2) is 16.7 Å². The van der Waals surface area contributed by atoms with Crippen LogP contribution in [0, 0.1) is 19.8 Å². The Labute approximate surface area is 178 Å². The normalized spacial score (nSPS) is 26.4. The number of Topliss-reactive ketones (excluding diaryl/α,β-unsaturated/α-hetero) is 1. The topological polar surface area (TPSA) is 59.5 Å². The molecule has 0 bridgehead atoms. The molecule has 1 aliphatic carbocycles. The zero-order chi connectivity index (χ0) is 20.3. The Bertz CT molecular complexity index is 1020. The molecule has 2 aromatic rings. The summed E-state index contributed by atoms with van der Waals surface area (Å²) in [5.74, 6) is -0.170. The van der Waals surface area contributed by atoms with E-state index in [9.17, 15) is 9.59 Å². The highest BCUT2D eigenvalue weighted by Crippen LogP contribution is 2.49. The van der Waals surface area contributed by atoms with Crippen LogP contribution in [0.25, 0.3) is 0 Å². The highest BCUT2D eigenvalue weighted by atomic mass is 35.5. The predicted molar refractivity (Wildman–Crippen MR) is 112 cm³/mol. The minimum atomic E-state index is -0.532. The van der Waals surface area contributed by atoms with Gasteiger partial charge in [-0.05, 0) is 50.8 Å². The van der Waals surface area contributed by atoms with Crippen LogP contribution >= 0.6 is 22.9 Å². The smallest absolute Gasteiger partial charge is 0.296 e. The van der Waals surface area contributed by atoms with E-state index in [0.717, 1.165) is 41.8 Å². The Morgan fingerprint density at radius 3 is 2.55 bits per heavy atom. The van der Waals surface area contributed by atoms with E-state index in [2.05, 4.69) is 4.98 Å². The van der Waals surface area contributed by atoms with Crippen molar-refractivity contribution in [1.82, 2.24) is 4.98 Å². The van der Waals surface area contributed by atoms with Gasteiger partial charge in [-0.1, -0.05) is 30.2 Å². The molecule has 2 aliphatic heterocycles. The van der Waals surface area contributed by atoms with E-state index in [-0.39, 0.29) is 29.5 Å². The van der Waals surface area contributed by atoms with E-state index in [1.807, 2.05) is 26.0 Å². The van der Waals surface area contributed by atoms with Gasteiger partial charge in [-0.15, -0.1) is 11.3 Å². The van der Waals surface area contributed by atoms with Gasteiger partial charge in [0.2, 0.25) is 0 Å². The first kappa shape index (κ1) is 18.8. The molecule has 150 valence electrons. The molecule has 5 rings (SSSR count). The molecular weight excluding hydrogens is 408 g/mol. The van der Waals surface area contributed by atoms with E-state index in [4.69, 9.17) is 16.3 Å². The van der Waals surface area contributed by atoms with Gasteiger partial charge in [0.05, 0.1) is 23.2 Å².